The number of nitrogens with one attached hydrogen (secondary N) is 1. The summed E-state index contributed by atoms with van der Waals surface area (Å²) >= 11 is 5.25. The van der Waals surface area contributed by atoms with Crippen molar-refractivity contribution < 1.29 is 13.7 Å². The van der Waals surface area contributed by atoms with Crippen LogP contribution in [0, 0.1) is 10.7 Å². The zero-order valence-corrected chi connectivity index (χ0v) is 14.2. The Kier molecular flexibility index (Phi) is 5.17. The Morgan fingerprint density at radius 2 is 1.88 bits per heavy atom. The molecule has 1 N–H and O–H groups in total. The quantitative estimate of drug-likeness (QED) is 0.698. The lowest BCUT2D eigenvalue weighted by atomic mass is 10.2. The van der Waals surface area contributed by atoms with Gasteiger partial charge in [0.2, 0.25) is 5.89 Å². The number of hydrogen-bond acceptors (Lipinski definition) is 3. The summed E-state index contributed by atoms with van der Waals surface area (Å²) in [5, 5.41) is 4.46. The summed E-state index contributed by atoms with van der Waals surface area (Å²) in [6.07, 6.45) is 0.612. The number of aromatic nitrogens is 2. The fraction of sp³-hybridized carbons (Fsp3) is 0.222. The zero-order chi connectivity index (χ0) is 16.9. The van der Waals surface area contributed by atoms with Crippen molar-refractivity contribution in [2.75, 3.05) is 7.05 Å². The van der Waals surface area contributed by atoms with E-state index < -0.39 is 0 Å². The van der Waals surface area contributed by atoms with Crippen molar-refractivity contribution in [2.24, 2.45) is 0 Å². The molecule has 0 radical (unpaired) electrons. The maximum absolute atomic E-state index is 13.3. The van der Waals surface area contributed by atoms with Crippen LogP contribution in [-0.2, 0) is 19.6 Å². The molecule has 1 heterocycles. The fourth-order valence-corrected chi connectivity index (χ4v) is 2.80. The van der Waals surface area contributed by atoms with Crippen LogP contribution >= 0.6 is 12.2 Å². The smallest absolute Gasteiger partial charge is 0.291 e. The highest BCUT2D eigenvalue weighted by Gasteiger charge is 2.11. The average Bonchev–Trinajstić information content (AvgIpc) is 2.87. The van der Waals surface area contributed by atoms with E-state index in [9.17, 15) is 4.39 Å². The van der Waals surface area contributed by atoms with Crippen molar-refractivity contribution in [3.63, 3.8) is 0 Å². The molecule has 0 saturated carbocycles. The van der Waals surface area contributed by atoms with Crippen molar-refractivity contribution in [3.8, 4) is 0 Å². The van der Waals surface area contributed by atoms with Crippen LogP contribution in [0.5, 0.6) is 0 Å². The number of benzene rings is 2. The third-order valence-corrected chi connectivity index (χ3v) is 3.95. The van der Waals surface area contributed by atoms with Crippen LogP contribution in [-0.4, -0.2) is 16.8 Å². The van der Waals surface area contributed by atoms with Gasteiger partial charge in [-0.2, -0.15) is 4.68 Å². The first-order chi connectivity index (χ1) is 11.6. The highest BCUT2D eigenvalue weighted by Crippen LogP contribution is 2.08. The number of halogens is 1. The van der Waals surface area contributed by atoms with Gasteiger partial charge in [0.05, 0.1) is 13.5 Å². The first kappa shape index (κ1) is 16.5. The van der Waals surface area contributed by atoms with Crippen LogP contribution < -0.4 is 4.90 Å². The predicted octanol–water partition coefficient (Wildman–Crippen LogP) is 2.61. The first-order valence-electron chi connectivity index (χ1n) is 7.76. The summed E-state index contributed by atoms with van der Waals surface area (Å²) in [5.74, 6) is 0.383. The zero-order valence-electron chi connectivity index (χ0n) is 13.4. The first-order valence-corrected chi connectivity index (χ1v) is 8.17. The lowest BCUT2D eigenvalue weighted by Crippen LogP contribution is -3.07. The largest absolute Gasteiger partial charge is 0.413 e. The van der Waals surface area contributed by atoms with Crippen molar-refractivity contribution >= 4 is 12.2 Å². The lowest BCUT2D eigenvalue weighted by Gasteiger charge is -2.13. The molecule has 0 amide bonds. The predicted molar refractivity (Wildman–Crippen MR) is 91.6 cm³/mol. The van der Waals surface area contributed by atoms with Crippen molar-refractivity contribution in [3.05, 3.63) is 82.3 Å². The Labute approximate surface area is 145 Å². The molecule has 0 aliphatic heterocycles. The van der Waals surface area contributed by atoms with E-state index in [0.29, 0.717) is 30.4 Å². The summed E-state index contributed by atoms with van der Waals surface area (Å²) in [4.78, 5) is 1.50. The molecule has 0 spiro atoms. The third kappa shape index (κ3) is 4.37. The Balaban J connectivity index is 1.66. The maximum atomic E-state index is 13.3. The molecule has 4 nitrogen and oxygen atoms in total. The van der Waals surface area contributed by atoms with Crippen LogP contribution in [0.2, 0.25) is 0 Å². The molecule has 1 aromatic heterocycles. The van der Waals surface area contributed by atoms with Crippen molar-refractivity contribution in [1.82, 2.24) is 9.78 Å². The van der Waals surface area contributed by atoms with Crippen molar-refractivity contribution in [1.29, 1.82) is 0 Å². The molecule has 3 rings (SSSR count). The second-order valence-electron chi connectivity index (χ2n) is 5.85. The Bertz CT molecular complexity index is 860. The SMILES string of the molecule is C[NH+](Cc1cccc(F)c1)Cn1nc(Cc2ccccc2)oc1=S. The summed E-state index contributed by atoms with van der Waals surface area (Å²) in [6, 6.07) is 16.6. The second-order valence-corrected chi connectivity index (χ2v) is 6.19. The summed E-state index contributed by atoms with van der Waals surface area (Å²) in [7, 11) is 2.01. The monoisotopic (exact) mass is 344 g/mol. The molecule has 24 heavy (non-hydrogen) atoms. The Morgan fingerprint density at radius 3 is 2.62 bits per heavy atom. The molecule has 0 aliphatic carbocycles. The third-order valence-electron chi connectivity index (χ3n) is 3.66. The topological polar surface area (TPSA) is 35.4 Å². The van der Waals surface area contributed by atoms with E-state index in [1.54, 1.807) is 16.8 Å². The number of hydrogen-bond donors (Lipinski definition) is 1. The summed E-state index contributed by atoms with van der Waals surface area (Å²) < 4.78 is 20.5. The minimum atomic E-state index is -0.219. The van der Waals surface area contributed by atoms with Gasteiger partial charge in [0.15, 0.2) is 6.67 Å². The molecule has 0 aliphatic rings. The Morgan fingerprint density at radius 1 is 1.12 bits per heavy atom. The van der Waals surface area contributed by atoms with Gasteiger partial charge in [-0.3, -0.25) is 0 Å². The van der Waals surface area contributed by atoms with Crippen molar-refractivity contribution in [2.45, 2.75) is 19.6 Å². The van der Waals surface area contributed by atoms with Gasteiger partial charge in [-0.05, 0) is 29.9 Å². The van der Waals surface area contributed by atoms with Crippen LogP contribution in [0.1, 0.15) is 17.0 Å². The van der Waals surface area contributed by atoms with E-state index >= 15 is 0 Å². The highest BCUT2D eigenvalue weighted by molar-refractivity contribution is 7.71. The normalized spacial score (nSPS) is 12.2. The molecular formula is C18H19FN3OS+. The highest BCUT2D eigenvalue weighted by atomic mass is 32.1. The van der Waals surface area contributed by atoms with Gasteiger partial charge in [0.1, 0.15) is 12.4 Å². The van der Waals surface area contributed by atoms with Gasteiger partial charge in [0, 0.05) is 5.56 Å². The molecule has 1 unspecified atom stereocenters. The van der Waals surface area contributed by atoms with Crippen LogP contribution in [0.3, 0.4) is 0 Å². The van der Waals surface area contributed by atoms with E-state index in [1.807, 2.05) is 43.4 Å². The van der Waals surface area contributed by atoms with Gasteiger partial charge in [-0.25, -0.2) is 4.39 Å². The van der Waals surface area contributed by atoms with E-state index in [0.717, 1.165) is 16.0 Å². The van der Waals surface area contributed by atoms with Crippen LogP contribution in [0.15, 0.2) is 59.0 Å². The van der Waals surface area contributed by atoms with Gasteiger partial charge < -0.3 is 9.32 Å². The van der Waals surface area contributed by atoms with Gasteiger partial charge >= 0.3 is 0 Å². The van der Waals surface area contributed by atoms with Gasteiger partial charge in [0.25, 0.3) is 4.84 Å². The van der Waals surface area contributed by atoms with Crippen LogP contribution in [0.25, 0.3) is 0 Å². The minimum Gasteiger partial charge on any atom is -0.413 e. The Hall–Kier alpha value is -2.31. The van der Waals surface area contributed by atoms with Gasteiger partial charge in [-0.1, -0.05) is 42.5 Å². The molecule has 0 fully saturated rings. The fourth-order valence-electron chi connectivity index (χ4n) is 2.60. The molecule has 2 aromatic carbocycles. The van der Waals surface area contributed by atoms with E-state index in [1.165, 1.54) is 6.07 Å². The maximum Gasteiger partial charge on any atom is 0.291 e. The number of rotatable bonds is 6. The molecule has 6 heteroatoms. The summed E-state index contributed by atoms with van der Waals surface area (Å²) in [6.45, 7) is 1.24. The molecule has 124 valence electrons. The van der Waals surface area contributed by atoms with Gasteiger partial charge in [-0.15, -0.1) is 5.10 Å². The van der Waals surface area contributed by atoms with E-state index in [2.05, 4.69) is 5.10 Å². The summed E-state index contributed by atoms with van der Waals surface area (Å²) in [5.41, 5.74) is 2.06. The number of nitrogens with zero attached hydrogens (tertiary/aromatic N) is 2. The molecule has 1 atom stereocenters. The molecular weight excluding hydrogens is 325 g/mol. The average molecular weight is 344 g/mol. The lowest BCUT2D eigenvalue weighted by molar-refractivity contribution is -0.917. The molecule has 0 saturated heterocycles. The van der Waals surface area contributed by atoms with E-state index in [-0.39, 0.29) is 5.82 Å². The second kappa shape index (κ2) is 7.51. The minimum absolute atomic E-state index is 0.219. The van der Waals surface area contributed by atoms with Crippen LogP contribution in [0.4, 0.5) is 4.39 Å². The molecule has 0 bridgehead atoms. The standard InChI is InChI=1S/C18H18FN3OS/c1-21(12-15-8-5-9-16(19)10-15)13-22-18(24)23-17(20-22)11-14-6-3-2-4-7-14/h2-10H,11-13H2,1H3/p+1. The van der Waals surface area contributed by atoms with E-state index in [4.69, 9.17) is 16.6 Å². The molecule has 3 aromatic rings. The number of quaternary nitrogens is 1.